The van der Waals surface area contributed by atoms with Gasteiger partial charge in [-0.1, -0.05) is 6.07 Å². The summed E-state index contributed by atoms with van der Waals surface area (Å²) >= 11 is 0. The fourth-order valence-corrected chi connectivity index (χ4v) is 2.71. The van der Waals surface area contributed by atoms with Crippen LogP contribution >= 0.6 is 0 Å². The Morgan fingerprint density at radius 2 is 1.86 bits per heavy atom. The first-order valence-corrected chi connectivity index (χ1v) is 7.55. The van der Waals surface area contributed by atoms with E-state index < -0.39 is 0 Å². The summed E-state index contributed by atoms with van der Waals surface area (Å²) in [5, 5.41) is 4.43. The lowest BCUT2D eigenvalue weighted by Crippen LogP contribution is -2.26. The topological polar surface area (TPSA) is 51.0 Å². The Labute approximate surface area is 124 Å². The molecule has 21 heavy (non-hydrogen) atoms. The highest BCUT2D eigenvalue weighted by atomic mass is 16.1. The first kappa shape index (κ1) is 13.9. The van der Waals surface area contributed by atoms with Crippen molar-refractivity contribution in [3.8, 4) is 11.4 Å². The second-order valence-corrected chi connectivity index (χ2v) is 5.40. The lowest BCUT2D eigenvalue weighted by molar-refractivity contribution is 0.320. The van der Waals surface area contributed by atoms with E-state index in [1.165, 1.54) is 25.9 Å². The van der Waals surface area contributed by atoms with Gasteiger partial charge in [0.1, 0.15) is 5.69 Å². The molecule has 0 bridgehead atoms. The Morgan fingerprint density at radius 3 is 2.62 bits per heavy atom. The fraction of sp³-hybridized carbons (Fsp3) is 0.438. The molecule has 1 fully saturated rings. The maximum atomic E-state index is 11.9. The van der Waals surface area contributed by atoms with Gasteiger partial charge in [-0.25, -0.2) is 4.68 Å². The summed E-state index contributed by atoms with van der Waals surface area (Å²) in [7, 11) is 0. The van der Waals surface area contributed by atoms with Crippen LogP contribution in [0.15, 0.2) is 41.3 Å². The standard InChI is InChI=1S/C16H20N4O/c21-16-8-7-15(14-6-1-2-9-17-14)18-20(16)13-5-12-19-10-3-4-11-19/h1-2,6-9H,3-5,10-13H2. The van der Waals surface area contributed by atoms with Crippen LogP contribution in [-0.2, 0) is 6.54 Å². The Hall–Kier alpha value is -2.01. The van der Waals surface area contributed by atoms with Gasteiger partial charge in [0.25, 0.3) is 5.56 Å². The SMILES string of the molecule is O=c1ccc(-c2ccccn2)nn1CCCN1CCCC1. The van der Waals surface area contributed by atoms with Gasteiger partial charge < -0.3 is 4.90 Å². The zero-order valence-corrected chi connectivity index (χ0v) is 12.1. The molecule has 0 atom stereocenters. The van der Waals surface area contributed by atoms with E-state index in [2.05, 4.69) is 15.0 Å². The quantitative estimate of drug-likeness (QED) is 0.840. The van der Waals surface area contributed by atoms with Crippen LogP contribution in [0.5, 0.6) is 0 Å². The van der Waals surface area contributed by atoms with E-state index in [9.17, 15) is 4.79 Å². The minimum atomic E-state index is -0.0453. The molecule has 2 aromatic rings. The highest BCUT2D eigenvalue weighted by molar-refractivity contribution is 5.52. The molecular weight excluding hydrogens is 264 g/mol. The Kier molecular flexibility index (Phi) is 4.40. The van der Waals surface area contributed by atoms with Crippen molar-refractivity contribution in [2.75, 3.05) is 19.6 Å². The molecule has 0 saturated carbocycles. The van der Waals surface area contributed by atoms with E-state index in [1.54, 1.807) is 23.0 Å². The zero-order chi connectivity index (χ0) is 14.5. The predicted octanol–water partition coefficient (Wildman–Crippen LogP) is 1.79. The molecule has 0 unspecified atom stereocenters. The lowest BCUT2D eigenvalue weighted by atomic mass is 10.2. The van der Waals surface area contributed by atoms with E-state index in [0.29, 0.717) is 6.54 Å². The smallest absolute Gasteiger partial charge is 0.266 e. The van der Waals surface area contributed by atoms with Crippen molar-refractivity contribution in [3.05, 3.63) is 46.9 Å². The molecular formula is C16H20N4O. The van der Waals surface area contributed by atoms with Gasteiger partial charge in [0.15, 0.2) is 0 Å². The summed E-state index contributed by atoms with van der Waals surface area (Å²) in [6.07, 6.45) is 5.29. The Balaban J connectivity index is 1.68. The number of pyridine rings is 1. The number of hydrogen-bond acceptors (Lipinski definition) is 4. The molecule has 1 aliphatic rings. The lowest BCUT2D eigenvalue weighted by Gasteiger charge is -2.14. The van der Waals surface area contributed by atoms with Gasteiger partial charge in [-0.05, 0) is 57.1 Å². The fourth-order valence-electron chi connectivity index (χ4n) is 2.71. The minimum absolute atomic E-state index is 0.0453. The molecule has 110 valence electrons. The molecule has 2 aromatic heterocycles. The number of hydrogen-bond donors (Lipinski definition) is 0. The van der Waals surface area contributed by atoms with Crippen LogP contribution in [0.2, 0.25) is 0 Å². The van der Waals surface area contributed by atoms with Crippen molar-refractivity contribution in [2.24, 2.45) is 0 Å². The predicted molar refractivity (Wildman–Crippen MR) is 82.0 cm³/mol. The van der Waals surface area contributed by atoms with Gasteiger partial charge in [-0.15, -0.1) is 0 Å². The monoisotopic (exact) mass is 284 g/mol. The molecule has 0 N–H and O–H groups in total. The van der Waals surface area contributed by atoms with Crippen LogP contribution in [0.25, 0.3) is 11.4 Å². The van der Waals surface area contributed by atoms with Crippen LogP contribution in [0.3, 0.4) is 0 Å². The zero-order valence-electron chi connectivity index (χ0n) is 12.1. The molecule has 1 aliphatic heterocycles. The van der Waals surface area contributed by atoms with E-state index in [0.717, 1.165) is 24.4 Å². The number of nitrogens with zero attached hydrogens (tertiary/aromatic N) is 4. The van der Waals surface area contributed by atoms with Gasteiger partial charge in [0, 0.05) is 18.8 Å². The van der Waals surface area contributed by atoms with Gasteiger partial charge in [-0.2, -0.15) is 5.10 Å². The molecule has 5 heteroatoms. The molecule has 3 heterocycles. The van der Waals surface area contributed by atoms with E-state index >= 15 is 0 Å². The van der Waals surface area contributed by atoms with Gasteiger partial charge in [-0.3, -0.25) is 9.78 Å². The molecule has 0 aromatic carbocycles. The van der Waals surface area contributed by atoms with Gasteiger partial charge >= 0.3 is 0 Å². The molecule has 0 amide bonds. The molecule has 0 spiro atoms. The van der Waals surface area contributed by atoms with E-state index in [4.69, 9.17) is 0 Å². The summed E-state index contributed by atoms with van der Waals surface area (Å²) in [6, 6.07) is 9.01. The Morgan fingerprint density at radius 1 is 1.00 bits per heavy atom. The van der Waals surface area contributed by atoms with Crippen molar-refractivity contribution < 1.29 is 0 Å². The molecule has 1 saturated heterocycles. The first-order chi connectivity index (χ1) is 10.3. The third-order valence-electron chi connectivity index (χ3n) is 3.84. The van der Waals surface area contributed by atoms with E-state index in [-0.39, 0.29) is 5.56 Å². The molecule has 0 aliphatic carbocycles. The van der Waals surface area contributed by atoms with Crippen molar-refractivity contribution >= 4 is 0 Å². The van der Waals surface area contributed by atoms with Crippen molar-refractivity contribution in [1.82, 2.24) is 19.7 Å². The van der Waals surface area contributed by atoms with Crippen LogP contribution < -0.4 is 5.56 Å². The Bertz CT molecular complexity index is 632. The average Bonchev–Trinajstić information content (AvgIpc) is 3.03. The largest absolute Gasteiger partial charge is 0.303 e. The number of likely N-dealkylation sites (tertiary alicyclic amines) is 1. The third kappa shape index (κ3) is 3.55. The molecule has 3 rings (SSSR count). The first-order valence-electron chi connectivity index (χ1n) is 7.55. The minimum Gasteiger partial charge on any atom is -0.303 e. The summed E-state index contributed by atoms with van der Waals surface area (Å²) in [4.78, 5) is 18.6. The highest BCUT2D eigenvalue weighted by Crippen LogP contribution is 2.11. The van der Waals surface area contributed by atoms with Crippen LogP contribution in [-0.4, -0.2) is 39.3 Å². The summed E-state index contributed by atoms with van der Waals surface area (Å²) in [5.41, 5.74) is 1.50. The van der Waals surface area contributed by atoms with Crippen LogP contribution in [0, 0.1) is 0 Å². The summed E-state index contributed by atoms with van der Waals surface area (Å²) < 4.78 is 1.56. The normalized spacial score (nSPS) is 15.4. The molecule has 5 nitrogen and oxygen atoms in total. The van der Waals surface area contributed by atoms with Crippen LogP contribution in [0.1, 0.15) is 19.3 Å². The number of aryl methyl sites for hydroxylation is 1. The third-order valence-corrected chi connectivity index (χ3v) is 3.84. The summed E-state index contributed by atoms with van der Waals surface area (Å²) in [6.45, 7) is 4.09. The van der Waals surface area contributed by atoms with Gasteiger partial charge in [0.05, 0.1) is 5.69 Å². The van der Waals surface area contributed by atoms with Crippen molar-refractivity contribution in [2.45, 2.75) is 25.8 Å². The molecule has 0 radical (unpaired) electrons. The maximum absolute atomic E-state index is 11.9. The second-order valence-electron chi connectivity index (χ2n) is 5.40. The second kappa shape index (κ2) is 6.63. The number of rotatable bonds is 5. The maximum Gasteiger partial charge on any atom is 0.266 e. The summed E-state index contributed by atoms with van der Waals surface area (Å²) in [5.74, 6) is 0. The van der Waals surface area contributed by atoms with Crippen LogP contribution in [0.4, 0.5) is 0 Å². The average molecular weight is 284 g/mol. The van der Waals surface area contributed by atoms with Crippen molar-refractivity contribution in [1.29, 1.82) is 0 Å². The highest BCUT2D eigenvalue weighted by Gasteiger charge is 2.11. The van der Waals surface area contributed by atoms with E-state index in [1.807, 2.05) is 18.2 Å². The number of aromatic nitrogens is 3. The van der Waals surface area contributed by atoms with Gasteiger partial charge in [0.2, 0.25) is 0 Å². The van der Waals surface area contributed by atoms with Crippen molar-refractivity contribution in [3.63, 3.8) is 0 Å².